The third-order valence-electron chi connectivity index (χ3n) is 3.37. The summed E-state index contributed by atoms with van der Waals surface area (Å²) in [5.41, 5.74) is 12.7. The number of hydrogen-bond donors (Lipinski definition) is 2. The Labute approximate surface area is 99.4 Å². The van der Waals surface area contributed by atoms with Gasteiger partial charge in [-0.3, -0.25) is 0 Å². The van der Waals surface area contributed by atoms with Crippen molar-refractivity contribution in [2.24, 2.45) is 5.73 Å². The average molecular weight is 254 g/mol. The van der Waals surface area contributed by atoms with Gasteiger partial charge in [0.1, 0.15) is 5.82 Å². The maximum atomic E-state index is 11.5. The average Bonchev–Trinajstić information content (AvgIpc) is 2.98. The summed E-state index contributed by atoms with van der Waals surface area (Å²) in [7, 11) is -3.04. The zero-order chi connectivity index (χ0) is 12.3. The standard InChI is InChI=1S/C10H14N4O2S/c11-8-6-5-17(15,16)4-1-7(6)13-9(14-8)10(12)2-3-10/h1-5,12H2,(H2,11,13,14). The third-order valence-corrected chi connectivity index (χ3v) is 4.93. The maximum Gasteiger partial charge on any atom is 0.155 e. The van der Waals surface area contributed by atoms with E-state index < -0.39 is 15.4 Å². The molecular weight excluding hydrogens is 240 g/mol. The van der Waals surface area contributed by atoms with Crippen LogP contribution in [0.1, 0.15) is 29.9 Å². The molecule has 0 bridgehead atoms. The van der Waals surface area contributed by atoms with Crippen molar-refractivity contribution in [2.45, 2.75) is 30.6 Å². The molecule has 1 aliphatic carbocycles. The van der Waals surface area contributed by atoms with Gasteiger partial charge in [0.05, 0.1) is 22.7 Å². The molecule has 3 rings (SSSR count). The molecule has 4 N–H and O–H groups in total. The Morgan fingerprint density at radius 3 is 2.59 bits per heavy atom. The van der Waals surface area contributed by atoms with Crippen LogP contribution in [0.2, 0.25) is 0 Å². The van der Waals surface area contributed by atoms with Crippen molar-refractivity contribution in [3.8, 4) is 0 Å². The molecule has 1 aromatic heterocycles. The van der Waals surface area contributed by atoms with Gasteiger partial charge in [-0.25, -0.2) is 18.4 Å². The Kier molecular flexibility index (Phi) is 2.03. The summed E-state index contributed by atoms with van der Waals surface area (Å²) in [6.07, 6.45) is 2.14. The quantitative estimate of drug-likeness (QED) is 0.697. The third kappa shape index (κ3) is 1.79. The Balaban J connectivity index is 2.10. The van der Waals surface area contributed by atoms with Crippen LogP contribution in [0.15, 0.2) is 0 Å². The molecule has 1 saturated carbocycles. The molecule has 0 saturated heterocycles. The molecule has 0 unspecified atom stereocenters. The lowest BCUT2D eigenvalue weighted by Gasteiger charge is -2.19. The maximum absolute atomic E-state index is 11.5. The molecule has 1 fully saturated rings. The molecule has 0 amide bonds. The lowest BCUT2D eigenvalue weighted by Crippen LogP contribution is -2.28. The van der Waals surface area contributed by atoms with Crippen molar-refractivity contribution in [1.82, 2.24) is 9.97 Å². The van der Waals surface area contributed by atoms with E-state index in [1.807, 2.05) is 0 Å². The largest absolute Gasteiger partial charge is 0.383 e. The highest BCUT2D eigenvalue weighted by molar-refractivity contribution is 7.90. The molecule has 0 aromatic carbocycles. The first kappa shape index (κ1) is 10.9. The highest BCUT2D eigenvalue weighted by Crippen LogP contribution is 2.41. The summed E-state index contributed by atoms with van der Waals surface area (Å²) in [5.74, 6) is 0.914. The van der Waals surface area contributed by atoms with Crippen LogP contribution in [0.5, 0.6) is 0 Å². The van der Waals surface area contributed by atoms with Gasteiger partial charge in [-0.2, -0.15) is 0 Å². The van der Waals surface area contributed by atoms with Gasteiger partial charge in [-0.15, -0.1) is 0 Å². The zero-order valence-electron chi connectivity index (χ0n) is 9.31. The minimum absolute atomic E-state index is 0.0496. The van der Waals surface area contributed by atoms with Gasteiger partial charge in [-0.1, -0.05) is 0 Å². The number of aryl methyl sites for hydroxylation is 1. The summed E-state index contributed by atoms with van der Waals surface area (Å²) in [6.45, 7) is 0. The van der Waals surface area contributed by atoms with Crippen LogP contribution in [0, 0.1) is 0 Å². The van der Waals surface area contributed by atoms with Gasteiger partial charge in [-0.05, 0) is 12.8 Å². The van der Waals surface area contributed by atoms with Gasteiger partial charge in [0.15, 0.2) is 15.7 Å². The van der Waals surface area contributed by atoms with Gasteiger partial charge in [0.25, 0.3) is 0 Å². The number of nitrogen functional groups attached to an aromatic ring is 1. The topological polar surface area (TPSA) is 112 Å². The molecule has 1 aliphatic heterocycles. The van der Waals surface area contributed by atoms with Crippen LogP contribution >= 0.6 is 0 Å². The summed E-state index contributed by atoms with van der Waals surface area (Å²) in [5, 5.41) is 0. The van der Waals surface area contributed by atoms with Crippen LogP contribution in [0.25, 0.3) is 0 Å². The minimum Gasteiger partial charge on any atom is -0.383 e. The molecule has 7 heteroatoms. The smallest absolute Gasteiger partial charge is 0.155 e. The summed E-state index contributed by atoms with van der Waals surface area (Å²) >= 11 is 0. The first-order valence-corrected chi connectivity index (χ1v) is 7.37. The summed E-state index contributed by atoms with van der Waals surface area (Å²) < 4.78 is 23.0. The number of sulfone groups is 1. The monoisotopic (exact) mass is 254 g/mol. The number of rotatable bonds is 1. The first-order chi connectivity index (χ1) is 7.90. The predicted molar refractivity (Wildman–Crippen MR) is 62.7 cm³/mol. The highest BCUT2D eigenvalue weighted by Gasteiger charge is 2.44. The predicted octanol–water partition coefficient (Wildman–Crippen LogP) is -0.523. The van der Waals surface area contributed by atoms with Crippen molar-refractivity contribution in [1.29, 1.82) is 0 Å². The Morgan fingerprint density at radius 2 is 1.94 bits per heavy atom. The van der Waals surface area contributed by atoms with Crippen molar-refractivity contribution in [3.63, 3.8) is 0 Å². The Bertz CT molecular complexity index is 593. The molecule has 0 spiro atoms. The fraction of sp³-hybridized carbons (Fsp3) is 0.600. The van der Waals surface area contributed by atoms with E-state index in [0.29, 0.717) is 17.8 Å². The van der Waals surface area contributed by atoms with E-state index in [4.69, 9.17) is 11.5 Å². The summed E-state index contributed by atoms with van der Waals surface area (Å²) in [6, 6.07) is 0. The first-order valence-electron chi connectivity index (χ1n) is 5.55. The molecule has 2 heterocycles. The highest BCUT2D eigenvalue weighted by atomic mass is 32.2. The lowest BCUT2D eigenvalue weighted by molar-refractivity contribution is 0.588. The molecule has 6 nitrogen and oxygen atoms in total. The number of hydrogen-bond acceptors (Lipinski definition) is 6. The second kappa shape index (κ2) is 3.17. The molecule has 92 valence electrons. The van der Waals surface area contributed by atoms with Gasteiger partial charge in [0.2, 0.25) is 0 Å². The van der Waals surface area contributed by atoms with Gasteiger partial charge in [0, 0.05) is 12.0 Å². The molecule has 1 aromatic rings. The Hall–Kier alpha value is -1.21. The SMILES string of the molecule is Nc1nc(C2(N)CC2)nc2c1CS(=O)(=O)CC2. The Morgan fingerprint density at radius 1 is 1.24 bits per heavy atom. The summed E-state index contributed by atoms with van der Waals surface area (Å²) in [4.78, 5) is 8.56. The number of fused-ring (bicyclic) bond motifs is 1. The van der Waals surface area contributed by atoms with E-state index in [0.717, 1.165) is 18.5 Å². The minimum atomic E-state index is -3.04. The number of anilines is 1. The van der Waals surface area contributed by atoms with E-state index in [1.54, 1.807) is 0 Å². The number of nitrogens with zero attached hydrogens (tertiary/aromatic N) is 2. The van der Waals surface area contributed by atoms with Crippen LogP contribution in [0.3, 0.4) is 0 Å². The van der Waals surface area contributed by atoms with Crippen molar-refractivity contribution < 1.29 is 8.42 Å². The van der Waals surface area contributed by atoms with Crippen molar-refractivity contribution in [3.05, 3.63) is 17.1 Å². The molecule has 0 radical (unpaired) electrons. The van der Waals surface area contributed by atoms with Crippen LogP contribution in [-0.2, 0) is 27.5 Å². The molecular formula is C10H14N4O2S. The second-order valence-electron chi connectivity index (χ2n) is 4.86. The van der Waals surface area contributed by atoms with E-state index in [2.05, 4.69) is 9.97 Å². The second-order valence-corrected chi connectivity index (χ2v) is 7.04. The van der Waals surface area contributed by atoms with Crippen LogP contribution < -0.4 is 11.5 Å². The fourth-order valence-corrected chi connectivity index (χ4v) is 3.44. The fourth-order valence-electron chi connectivity index (χ4n) is 2.04. The molecule has 0 atom stereocenters. The van der Waals surface area contributed by atoms with E-state index in [9.17, 15) is 8.42 Å². The van der Waals surface area contributed by atoms with Gasteiger partial charge >= 0.3 is 0 Å². The lowest BCUT2D eigenvalue weighted by atomic mass is 10.1. The normalized spacial score (nSPS) is 24.1. The van der Waals surface area contributed by atoms with Crippen molar-refractivity contribution >= 4 is 15.7 Å². The molecule has 17 heavy (non-hydrogen) atoms. The van der Waals surface area contributed by atoms with Crippen LogP contribution in [0.4, 0.5) is 5.82 Å². The molecule has 2 aliphatic rings. The van der Waals surface area contributed by atoms with Gasteiger partial charge < -0.3 is 11.5 Å². The van der Waals surface area contributed by atoms with E-state index in [1.165, 1.54) is 0 Å². The van der Waals surface area contributed by atoms with E-state index >= 15 is 0 Å². The van der Waals surface area contributed by atoms with E-state index in [-0.39, 0.29) is 17.3 Å². The zero-order valence-corrected chi connectivity index (χ0v) is 10.1. The van der Waals surface area contributed by atoms with Crippen molar-refractivity contribution in [2.75, 3.05) is 11.5 Å². The number of aromatic nitrogens is 2. The van der Waals surface area contributed by atoms with Crippen LogP contribution in [-0.4, -0.2) is 24.1 Å². The number of nitrogens with two attached hydrogens (primary N) is 2.